The van der Waals surface area contributed by atoms with Crippen LogP contribution in [-0.4, -0.2) is 28.4 Å². The van der Waals surface area contributed by atoms with E-state index in [2.05, 4.69) is 15.3 Å². The van der Waals surface area contributed by atoms with Gasteiger partial charge < -0.3 is 15.8 Å². The van der Waals surface area contributed by atoms with E-state index in [-0.39, 0.29) is 5.91 Å². The van der Waals surface area contributed by atoms with E-state index < -0.39 is 5.91 Å². The molecule has 128 valence electrons. The van der Waals surface area contributed by atoms with Crippen molar-refractivity contribution in [3.63, 3.8) is 0 Å². The van der Waals surface area contributed by atoms with Gasteiger partial charge in [0.2, 0.25) is 11.8 Å². The van der Waals surface area contributed by atoms with Gasteiger partial charge in [-0.25, -0.2) is 9.97 Å². The highest BCUT2D eigenvalue weighted by Crippen LogP contribution is 2.34. The topological polar surface area (TPSA) is 107 Å². The van der Waals surface area contributed by atoms with E-state index in [1.54, 1.807) is 24.3 Å². The maximum atomic E-state index is 12.6. The Kier molecular flexibility index (Phi) is 4.62. The Bertz CT molecular complexity index is 950. The number of carbonyl (C=O) groups excluding carboxylic acids is 2. The molecule has 0 fully saturated rings. The van der Waals surface area contributed by atoms with Crippen molar-refractivity contribution in [2.24, 2.45) is 5.73 Å². The molecule has 2 heterocycles. The van der Waals surface area contributed by atoms with Crippen LogP contribution in [0.25, 0.3) is 10.2 Å². The van der Waals surface area contributed by atoms with Gasteiger partial charge in [0, 0.05) is 11.3 Å². The molecule has 0 aliphatic rings. The van der Waals surface area contributed by atoms with Crippen molar-refractivity contribution in [3.8, 4) is 5.88 Å². The number of ether oxygens (including phenoxy) is 1. The number of aryl methyl sites for hydroxylation is 1. The highest BCUT2D eigenvalue weighted by atomic mass is 32.1. The van der Waals surface area contributed by atoms with E-state index in [9.17, 15) is 9.59 Å². The molecule has 0 atom stereocenters. The van der Waals surface area contributed by atoms with Gasteiger partial charge in [-0.15, -0.1) is 11.3 Å². The number of benzene rings is 1. The van der Waals surface area contributed by atoms with E-state index >= 15 is 0 Å². The van der Waals surface area contributed by atoms with Crippen molar-refractivity contribution in [1.29, 1.82) is 0 Å². The van der Waals surface area contributed by atoms with Crippen LogP contribution >= 0.6 is 11.3 Å². The standard InChI is InChI=1S/C17H16N4O3S/c1-3-24-16-12-9(2)13(25-17(12)20-8-19-16)15(23)21-11-6-4-10(5-7-11)14(18)22/h4-8H,3H2,1-2H3,(H2,18,22)(H,21,23). The number of nitrogens with one attached hydrogen (secondary N) is 1. The minimum atomic E-state index is -0.514. The number of hydrogen-bond donors (Lipinski definition) is 2. The van der Waals surface area contributed by atoms with E-state index in [4.69, 9.17) is 10.5 Å². The first-order valence-electron chi connectivity index (χ1n) is 7.59. The zero-order valence-electron chi connectivity index (χ0n) is 13.7. The summed E-state index contributed by atoms with van der Waals surface area (Å²) in [6.07, 6.45) is 1.42. The van der Waals surface area contributed by atoms with E-state index in [1.807, 2.05) is 13.8 Å². The maximum Gasteiger partial charge on any atom is 0.266 e. The van der Waals surface area contributed by atoms with Gasteiger partial charge in [0.15, 0.2) is 0 Å². The fourth-order valence-electron chi connectivity index (χ4n) is 2.41. The van der Waals surface area contributed by atoms with Crippen molar-refractivity contribution >= 4 is 39.1 Å². The molecule has 8 heteroatoms. The molecule has 7 nitrogen and oxygen atoms in total. The van der Waals surface area contributed by atoms with Gasteiger partial charge >= 0.3 is 0 Å². The van der Waals surface area contributed by atoms with Gasteiger partial charge in [-0.05, 0) is 43.7 Å². The molecule has 0 saturated carbocycles. The van der Waals surface area contributed by atoms with Crippen LogP contribution in [0.15, 0.2) is 30.6 Å². The summed E-state index contributed by atoms with van der Waals surface area (Å²) in [5.74, 6) is -0.291. The molecule has 0 saturated heterocycles. The highest BCUT2D eigenvalue weighted by molar-refractivity contribution is 7.20. The van der Waals surface area contributed by atoms with Gasteiger partial charge in [0.1, 0.15) is 11.2 Å². The minimum Gasteiger partial charge on any atom is -0.477 e. The number of carbonyl (C=O) groups is 2. The molecule has 2 aromatic heterocycles. The fourth-order valence-corrected chi connectivity index (χ4v) is 3.44. The average molecular weight is 356 g/mol. The monoisotopic (exact) mass is 356 g/mol. The lowest BCUT2D eigenvalue weighted by molar-refractivity contribution is 0.0998. The molecule has 3 N–H and O–H groups in total. The normalized spacial score (nSPS) is 10.6. The number of anilines is 1. The molecule has 2 amide bonds. The molecule has 3 rings (SSSR count). The molecule has 0 aliphatic heterocycles. The second-order valence-electron chi connectivity index (χ2n) is 5.24. The predicted molar refractivity (Wildman–Crippen MR) is 96.2 cm³/mol. The molecular formula is C17H16N4O3S. The molecule has 0 radical (unpaired) electrons. The Labute approximate surface area is 147 Å². The quantitative estimate of drug-likeness (QED) is 0.731. The summed E-state index contributed by atoms with van der Waals surface area (Å²) in [7, 11) is 0. The lowest BCUT2D eigenvalue weighted by Gasteiger charge is -2.06. The number of fused-ring (bicyclic) bond motifs is 1. The van der Waals surface area contributed by atoms with Crippen LogP contribution in [-0.2, 0) is 0 Å². The van der Waals surface area contributed by atoms with Crippen LogP contribution in [0.2, 0.25) is 0 Å². The molecule has 25 heavy (non-hydrogen) atoms. The van der Waals surface area contributed by atoms with Crippen LogP contribution in [0, 0.1) is 6.92 Å². The molecule has 1 aromatic carbocycles. The zero-order chi connectivity index (χ0) is 18.0. The van der Waals surface area contributed by atoms with Gasteiger partial charge in [0.05, 0.1) is 16.9 Å². The van der Waals surface area contributed by atoms with Crippen molar-refractivity contribution in [1.82, 2.24) is 9.97 Å². The van der Waals surface area contributed by atoms with Gasteiger partial charge in [0.25, 0.3) is 5.91 Å². The number of primary amides is 1. The number of amides is 2. The number of nitrogens with two attached hydrogens (primary N) is 1. The number of hydrogen-bond acceptors (Lipinski definition) is 6. The minimum absolute atomic E-state index is 0.255. The number of thiophene rings is 1. The van der Waals surface area contributed by atoms with Crippen LogP contribution in [0.1, 0.15) is 32.5 Å². The Morgan fingerprint density at radius 3 is 2.60 bits per heavy atom. The SMILES string of the molecule is CCOc1ncnc2sc(C(=O)Nc3ccc(C(N)=O)cc3)c(C)c12. The average Bonchev–Trinajstić information content (AvgIpc) is 2.94. The summed E-state index contributed by atoms with van der Waals surface area (Å²) >= 11 is 1.28. The second-order valence-corrected chi connectivity index (χ2v) is 6.24. The van der Waals surface area contributed by atoms with E-state index in [0.717, 1.165) is 10.9 Å². The van der Waals surface area contributed by atoms with Crippen molar-refractivity contribution < 1.29 is 14.3 Å². The number of nitrogens with zero attached hydrogens (tertiary/aromatic N) is 2. The van der Waals surface area contributed by atoms with E-state index in [1.165, 1.54) is 17.7 Å². The fraction of sp³-hybridized carbons (Fsp3) is 0.176. The Balaban J connectivity index is 1.90. The van der Waals surface area contributed by atoms with Crippen molar-refractivity contribution in [2.75, 3.05) is 11.9 Å². The number of aromatic nitrogens is 2. The lowest BCUT2D eigenvalue weighted by Crippen LogP contribution is -2.13. The first-order valence-corrected chi connectivity index (χ1v) is 8.41. The number of rotatable bonds is 5. The van der Waals surface area contributed by atoms with Gasteiger partial charge in [-0.2, -0.15) is 0 Å². The predicted octanol–water partition coefficient (Wildman–Crippen LogP) is 2.75. The van der Waals surface area contributed by atoms with E-state index in [0.29, 0.717) is 33.4 Å². The van der Waals surface area contributed by atoms with Crippen molar-refractivity contribution in [2.45, 2.75) is 13.8 Å². The summed E-state index contributed by atoms with van der Waals surface area (Å²) < 4.78 is 5.53. The van der Waals surface area contributed by atoms with Crippen LogP contribution in [0.4, 0.5) is 5.69 Å². The Morgan fingerprint density at radius 2 is 1.96 bits per heavy atom. The van der Waals surface area contributed by atoms with Crippen LogP contribution < -0.4 is 15.8 Å². The largest absolute Gasteiger partial charge is 0.477 e. The smallest absolute Gasteiger partial charge is 0.266 e. The first-order chi connectivity index (χ1) is 12.0. The molecule has 0 aliphatic carbocycles. The summed E-state index contributed by atoms with van der Waals surface area (Å²) in [6, 6.07) is 6.39. The Hall–Kier alpha value is -3.00. The third-order valence-electron chi connectivity index (χ3n) is 3.61. The lowest BCUT2D eigenvalue weighted by atomic mass is 10.2. The summed E-state index contributed by atoms with van der Waals surface area (Å²) in [4.78, 5) is 33.3. The summed E-state index contributed by atoms with van der Waals surface area (Å²) in [6.45, 7) is 4.20. The molecule has 0 bridgehead atoms. The van der Waals surface area contributed by atoms with Crippen molar-refractivity contribution in [3.05, 3.63) is 46.6 Å². The summed E-state index contributed by atoms with van der Waals surface area (Å²) in [5, 5.41) is 3.56. The van der Waals surface area contributed by atoms with Gasteiger partial charge in [-0.3, -0.25) is 9.59 Å². The third-order valence-corrected chi connectivity index (χ3v) is 4.81. The molecule has 0 unspecified atom stereocenters. The summed E-state index contributed by atoms with van der Waals surface area (Å²) in [5.41, 5.74) is 6.94. The molecule has 0 spiro atoms. The van der Waals surface area contributed by atoms with Gasteiger partial charge in [-0.1, -0.05) is 0 Å². The Morgan fingerprint density at radius 1 is 1.24 bits per heavy atom. The molecular weight excluding hydrogens is 340 g/mol. The highest BCUT2D eigenvalue weighted by Gasteiger charge is 2.20. The third kappa shape index (κ3) is 3.29. The van der Waals surface area contributed by atoms with Crippen LogP contribution in [0.3, 0.4) is 0 Å². The second kappa shape index (κ2) is 6.86. The first kappa shape index (κ1) is 16.8. The molecule has 3 aromatic rings. The zero-order valence-corrected chi connectivity index (χ0v) is 14.5. The maximum absolute atomic E-state index is 12.6. The van der Waals surface area contributed by atoms with Crippen LogP contribution in [0.5, 0.6) is 5.88 Å².